The summed E-state index contributed by atoms with van der Waals surface area (Å²) in [4.78, 5) is 26.7. The van der Waals surface area contributed by atoms with E-state index in [1.54, 1.807) is 18.2 Å². The third-order valence-corrected chi connectivity index (χ3v) is 5.92. The van der Waals surface area contributed by atoms with Gasteiger partial charge in [0.25, 0.3) is 0 Å². The van der Waals surface area contributed by atoms with E-state index in [4.69, 9.17) is 39.5 Å². The summed E-state index contributed by atoms with van der Waals surface area (Å²) in [7, 11) is 1.29. The summed E-state index contributed by atoms with van der Waals surface area (Å²) < 4.78 is 4.71. The molecule has 1 aliphatic heterocycles. The number of benzene rings is 2. The molecule has 0 atom stereocenters. The van der Waals surface area contributed by atoms with Crippen LogP contribution in [-0.4, -0.2) is 37.0 Å². The van der Waals surface area contributed by atoms with E-state index in [1.165, 1.54) is 13.2 Å². The maximum Gasteiger partial charge on any atom is 0.339 e. The fourth-order valence-electron chi connectivity index (χ4n) is 3.36. The number of anilines is 1. The van der Waals surface area contributed by atoms with Crippen molar-refractivity contribution in [1.82, 2.24) is 4.90 Å². The fraction of sp³-hybridized carbons (Fsp3) is 0.333. The number of rotatable bonds is 5. The van der Waals surface area contributed by atoms with Crippen LogP contribution in [0.4, 0.5) is 5.69 Å². The van der Waals surface area contributed by atoms with Crippen LogP contribution in [0.25, 0.3) is 0 Å². The molecule has 0 saturated carbocycles. The molecular weight excluding hydrogens is 435 g/mol. The molecule has 29 heavy (non-hydrogen) atoms. The highest BCUT2D eigenvalue weighted by molar-refractivity contribution is 6.35. The normalized spacial score (nSPS) is 15.2. The Morgan fingerprint density at radius 1 is 1.07 bits per heavy atom. The molecule has 1 saturated heterocycles. The average molecular weight is 456 g/mol. The van der Waals surface area contributed by atoms with Crippen molar-refractivity contribution < 1.29 is 14.3 Å². The van der Waals surface area contributed by atoms with Crippen LogP contribution in [0.15, 0.2) is 36.4 Å². The molecule has 0 aliphatic carbocycles. The van der Waals surface area contributed by atoms with Gasteiger partial charge in [-0.1, -0.05) is 40.9 Å². The molecule has 3 rings (SSSR count). The highest BCUT2D eigenvalue weighted by Gasteiger charge is 2.25. The lowest BCUT2D eigenvalue weighted by Gasteiger charge is -2.31. The van der Waals surface area contributed by atoms with E-state index < -0.39 is 5.97 Å². The zero-order chi connectivity index (χ0) is 21.0. The van der Waals surface area contributed by atoms with Crippen LogP contribution >= 0.6 is 34.8 Å². The molecule has 0 radical (unpaired) electrons. The Bertz CT molecular complexity index is 912. The number of nitrogens with zero attached hydrogens (tertiary/aromatic N) is 1. The predicted molar refractivity (Wildman–Crippen MR) is 116 cm³/mol. The SMILES string of the molecule is COC(=O)c1cc(NC(=O)C2CCN(Cc3ccc(Cl)cc3Cl)CC2)ccc1Cl. The van der Waals surface area contributed by atoms with Crippen LogP contribution in [0.3, 0.4) is 0 Å². The minimum absolute atomic E-state index is 0.0627. The van der Waals surface area contributed by atoms with E-state index in [0.29, 0.717) is 15.7 Å². The molecular formula is C21H21Cl3N2O3. The van der Waals surface area contributed by atoms with Crippen molar-refractivity contribution in [2.24, 2.45) is 5.92 Å². The molecule has 1 amide bonds. The van der Waals surface area contributed by atoms with Crippen molar-refractivity contribution in [2.45, 2.75) is 19.4 Å². The van der Waals surface area contributed by atoms with Crippen LogP contribution in [0.1, 0.15) is 28.8 Å². The molecule has 2 aromatic rings. The number of carbonyl (C=O) groups is 2. The minimum Gasteiger partial charge on any atom is -0.465 e. The van der Waals surface area contributed by atoms with Gasteiger partial charge in [-0.05, 0) is 61.8 Å². The van der Waals surface area contributed by atoms with Gasteiger partial charge in [-0.3, -0.25) is 9.69 Å². The molecule has 1 aliphatic rings. The lowest BCUT2D eigenvalue weighted by Crippen LogP contribution is -2.37. The molecule has 1 heterocycles. The van der Waals surface area contributed by atoms with Gasteiger partial charge in [0.15, 0.2) is 0 Å². The number of nitrogens with one attached hydrogen (secondary N) is 1. The summed E-state index contributed by atoms with van der Waals surface area (Å²) in [6.07, 6.45) is 1.49. The van der Waals surface area contributed by atoms with E-state index >= 15 is 0 Å². The van der Waals surface area contributed by atoms with Crippen LogP contribution in [0, 0.1) is 5.92 Å². The number of piperidine rings is 1. The Kier molecular flexibility index (Phi) is 7.41. The predicted octanol–water partition coefficient (Wildman–Crippen LogP) is 5.28. The van der Waals surface area contributed by atoms with Crippen molar-refractivity contribution in [3.05, 3.63) is 62.6 Å². The molecule has 154 valence electrons. The Labute approximate surface area is 184 Å². The van der Waals surface area contributed by atoms with Crippen LogP contribution in [0.5, 0.6) is 0 Å². The summed E-state index contributed by atoms with van der Waals surface area (Å²) in [6.45, 7) is 2.32. The minimum atomic E-state index is -0.541. The smallest absolute Gasteiger partial charge is 0.339 e. The zero-order valence-corrected chi connectivity index (χ0v) is 18.2. The average Bonchev–Trinajstić information content (AvgIpc) is 2.71. The van der Waals surface area contributed by atoms with Gasteiger partial charge in [0.1, 0.15) is 0 Å². The Morgan fingerprint density at radius 2 is 1.79 bits per heavy atom. The van der Waals surface area contributed by atoms with Gasteiger partial charge in [-0.25, -0.2) is 4.79 Å². The molecule has 0 spiro atoms. The molecule has 5 nitrogen and oxygen atoms in total. The molecule has 0 bridgehead atoms. The van der Waals surface area contributed by atoms with Gasteiger partial charge in [-0.2, -0.15) is 0 Å². The second-order valence-electron chi connectivity index (χ2n) is 6.96. The topological polar surface area (TPSA) is 58.6 Å². The first-order valence-electron chi connectivity index (χ1n) is 9.22. The summed E-state index contributed by atoms with van der Waals surface area (Å²) >= 11 is 18.2. The second-order valence-corrected chi connectivity index (χ2v) is 8.21. The van der Waals surface area contributed by atoms with Gasteiger partial charge in [0.05, 0.1) is 17.7 Å². The zero-order valence-electron chi connectivity index (χ0n) is 15.9. The van der Waals surface area contributed by atoms with Crippen molar-refractivity contribution in [2.75, 3.05) is 25.5 Å². The number of esters is 1. The number of halogens is 3. The molecule has 0 aromatic heterocycles. The molecule has 1 N–H and O–H groups in total. The number of methoxy groups -OCH3 is 1. The maximum atomic E-state index is 12.6. The van der Waals surface area contributed by atoms with Gasteiger partial charge in [-0.15, -0.1) is 0 Å². The number of ether oxygens (including phenoxy) is 1. The molecule has 2 aromatic carbocycles. The number of hydrogen-bond donors (Lipinski definition) is 1. The summed E-state index contributed by atoms with van der Waals surface area (Å²) in [5.41, 5.74) is 1.77. The van der Waals surface area contributed by atoms with E-state index in [1.807, 2.05) is 12.1 Å². The summed E-state index contributed by atoms with van der Waals surface area (Å²) in [5.74, 6) is -0.697. The molecule has 1 fully saturated rings. The number of carbonyl (C=O) groups excluding carboxylic acids is 2. The Morgan fingerprint density at radius 3 is 2.45 bits per heavy atom. The first kappa shape index (κ1) is 21.9. The third-order valence-electron chi connectivity index (χ3n) is 5.01. The van der Waals surface area contributed by atoms with Crippen molar-refractivity contribution in [3.8, 4) is 0 Å². The number of hydrogen-bond acceptors (Lipinski definition) is 4. The number of likely N-dealkylation sites (tertiary alicyclic amines) is 1. The van der Waals surface area contributed by atoms with Crippen molar-refractivity contribution in [3.63, 3.8) is 0 Å². The van der Waals surface area contributed by atoms with Crippen molar-refractivity contribution in [1.29, 1.82) is 0 Å². The molecule has 8 heteroatoms. The van der Waals surface area contributed by atoms with Crippen molar-refractivity contribution >= 4 is 52.4 Å². The Hall–Kier alpha value is -1.79. The highest BCUT2D eigenvalue weighted by atomic mass is 35.5. The quantitative estimate of drug-likeness (QED) is 0.623. The third kappa shape index (κ3) is 5.64. The lowest BCUT2D eigenvalue weighted by molar-refractivity contribution is -0.121. The summed E-state index contributed by atoms with van der Waals surface area (Å²) in [5, 5.41) is 4.43. The van der Waals surface area contributed by atoms with E-state index in [0.717, 1.165) is 38.0 Å². The largest absolute Gasteiger partial charge is 0.465 e. The highest BCUT2D eigenvalue weighted by Crippen LogP contribution is 2.26. The summed E-state index contributed by atoms with van der Waals surface area (Å²) in [6, 6.07) is 10.3. The van der Waals surface area contributed by atoms with E-state index in [-0.39, 0.29) is 22.4 Å². The second kappa shape index (κ2) is 9.81. The van der Waals surface area contributed by atoms with Gasteiger partial charge >= 0.3 is 5.97 Å². The fourth-order valence-corrected chi connectivity index (χ4v) is 4.02. The lowest BCUT2D eigenvalue weighted by atomic mass is 9.95. The molecule has 0 unspecified atom stereocenters. The van der Waals surface area contributed by atoms with Gasteiger partial charge in [0, 0.05) is 28.2 Å². The van der Waals surface area contributed by atoms with Crippen LogP contribution < -0.4 is 5.32 Å². The maximum absolute atomic E-state index is 12.6. The van der Waals surface area contributed by atoms with Gasteiger partial charge in [0.2, 0.25) is 5.91 Å². The first-order valence-corrected chi connectivity index (χ1v) is 10.4. The van der Waals surface area contributed by atoms with Crippen LogP contribution in [-0.2, 0) is 16.1 Å². The monoisotopic (exact) mass is 454 g/mol. The Balaban J connectivity index is 1.55. The number of amides is 1. The van der Waals surface area contributed by atoms with Gasteiger partial charge < -0.3 is 10.1 Å². The standard InChI is InChI=1S/C21H21Cl3N2O3/c1-29-21(28)17-11-16(4-5-18(17)23)25-20(27)13-6-8-26(9-7-13)12-14-2-3-15(22)10-19(14)24/h2-5,10-11,13H,6-9,12H2,1H3,(H,25,27). The van der Waals surface area contributed by atoms with Crippen LogP contribution in [0.2, 0.25) is 15.1 Å². The van der Waals surface area contributed by atoms with E-state index in [9.17, 15) is 9.59 Å². The van der Waals surface area contributed by atoms with E-state index in [2.05, 4.69) is 10.2 Å². The first-order chi connectivity index (χ1) is 13.9.